The third-order valence-corrected chi connectivity index (χ3v) is 5.36. The van der Waals surface area contributed by atoms with Crippen LogP contribution in [-0.2, 0) is 16.6 Å². The molecule has 0 spiro atoms. The molecule has 6 nitrogen and oxygen atoms in total. The monoisotopic (exact) mass is 391 g/mol. The van der Waals surface area contributed by atoms with Crippen LogP contribution in [0.1, 0.15) is 21.5 Å². The fourth-order valence-electron chi connectivity index (χ4n) is 2.54. The molecule has 0 aromatic heterocycles. The Morgan fingerprint density at radius 2 is 1.64 bits per heavy atom. The number of hydrogen-bond acceptors (Lipinski definition) is 4. The van der Waals surface area contributed by atoms with Gasteiger partial charge in [-0.1, -0.05) is 30.3 Å². The molecule has 3 aromatic rings. The van der Waals surface area contributed by atoms with Crippen molar-refractivity contribution in [3.63, 3.8) is 0 Å². The second-order valence-electron chi connectivity index (χ2n) is 5.99. The molecule has 28 heavy (non-hydrogen) atoms. The number of sulfonamides is 1. The lowest BCUT2D eigenvalue weighted by Crippen LogP contribution is -2.23. The van der Waals surface area contributed by atoms with Crippen LogP contribution in [-0.4, -0.2) is 14.3 Å². The SMILES string of the molecule is N#Cc1cccc(CNC(=O)c2ccc(S(=O)(=O)Nc3ccccc3)cc2)c1. The molecule has 0 radical (unpaired) electrons. The van der Waals surface area contributed by atoms with E-state index in [0.717, 1.165) is 5.56 Å². The van der Waals surface area contributed by atoms with Crippen molar-refractivity contribution in [2.45, 2.75) is 11.4 Å². The summed E-state index contributed by atoms with van der Waals surface area (Å²) in [5.74, 6) is -0.331. The van der Waals surface area contributed by atoms with Crippen LogP contribution in [0.3, 0.4) is 0 Å². The number of nitrogens with one attached hydrogen (secondary N) is 2. The maximum atomic E-state index is 12.4. The van der Waals surface area contributed by atoms with E-state index in [9.17, 15) is 13.2 Å². The van der Waals surface area contributed by atoms with Crippen LogP contribution in [0.2, 0.25) is 0 Å². The fraction of sp³-hybridized carbons (Fsp3) is 0.0476. The summed E-state index contributed by atoms with van der Waals surface area (Å²) in [5, 5.41) is 11.7. The van der Waals surface area contributed by atoms with Gasteiger partial charge in [-0.3, -0.25) is 9.52 Å². The Balaban J connectivity index is 1.66. The standard InChI is InChI=1S/C21H17N3O3S/c22-14-16-5-4-6-17(13-16)15-23-21(25)18-9-11-20(12-10-18)28(26,27)24-19-7-2-1-3-8-19/h1-13,24H,15H2,(H,23,25). The van der Waals surface area contributed by atoms with Gasteiger partial charge >= 0.3 is 0 Å². The van der Waals surface area contributed by atoms with E-state index in [-0.39, 0.29) is 17.3 Å². The molecule has 0 aliphatic heterocycles. The number of hydrogen-bond donors (Lipinski definition) is 2. The van der Waals surface area contributed by atoms with Crippen molar-refractivity contribution in [3.8, 4) is 6.07 Å². The molecule has 0 bridgehead atoms. The molecule has 3 aromatic carbocycles. The van der Waals surface area contributed by atoms with Crippen molar-refractivity contribution in [1.29, 1.82) is 5.26 Å². The van der Waals surface area contributed by atoms with E-state index in [0.29, 0.717) is 16.8 Å². The molecule has 0 fully saturated rings. The molecule has 2 N–H and O–H groups in total. The van der Waals surface area contributed by atoms with Gasteiger partial charge < -0.3 is 5.32 Å². The zero-order valence-electron chi connectivity index (χ0n) is 14.8. The summed E-state index contributed by atoms with van der Waals surface area (Å²) in [5.41, 5.74) is 2.13. The first-order valence-electron chi connectivity index (χ1n) is 8.43. The number of carbonyl (C=O) groups is 1. The summed E-state index contributed by atoms with van der Waals surface area (Å²) >= 11 is 0. The normalized spacial score (nSPS) is 10.7. The van der Waals surface area contributed by atoms with Crippen molar-refractivity contribution in [2.24, 2.45) is 0 Å². The highest BCUT2D eigenvalue weighted by Gasteiger charge is 2.15. The highest BCUT2D eigenvalue weighted by molar-refractivity contribution is 7.92. The topological polar surface area (TPSA) is 99.1 Å². The number of amides is 1. The average Bonchev–Trinajstić information content (AvgIpc) is 2.72. The molecule has 0 saturated heterocycles. The van der Waals surface area contributed by atoms with Gasteiger partial charge in [-0.25, -0.2) is 8.42 Å². The van der Waals surface area contributed by atoms with Crippen LogP contribution in [0.25, 0.3) is 0 Å². The number of anilines is 1. The Morgan fingerprint density at radius 3 is 2.32 bits per heavy atom. The highest BCUT2D eigenvalue weighted by atomic mass is 32.2. The van der Waals surface area contributed by atoms with Gasteiger partial charge in [-0.15, -0.1) is 0 Å². The summed E-state index contributed by atoms with van der Waals surface area (Å²) in [6.07, 6.45) is 0. The molecule has 0 aliphatic rings. The Hall–Kier alpha value is -3.63. The van der Waals surface area contributed by atoms with Gasteiger partial charge in [-0.2, -0.15) is 5.26 Å². The Bertz CT molecular complexity index is 1120. The van der Waals surface area contributed by atoms with Gasteiger partial charge in [0, 0.05) is 17.8 Å². The van der Waals surface area contributed by atoms with E-state index in [2.05, 4.69) is 10.0 Å². The lowest BCUT2D eigenvalue weighted by atomic mass is 10.1. The summed E-state index contributed by atoms with van der Waals surface area (Å²) in [4.78, 5) is 12.3. The van der Waals surface area contributed by atoms with Crippen molar-refractivity contribution >= 4 is 21.6 Å². The Kier molecular flexibility index (Phi) is 5.72. The van der Waals surface area contributed by atoms with E-state index < -0.39 is 10.0 Å². The third-order valence-electron chi connectivity index (χ3n) is 3.96. The van der Waals surface area contributed by atoms with Crippen LogP contribution in [0.4, 0.5) is 5.69 Å². The van der Waals surface area contributed by atoms with Gasteiger partial charge in [0.25, 0.3) is 15.9 Å². The number of nitrogens with zero attached hydrogens (tertiary/aromatic N) is 1. The van der Waals surface area contributed by atoms with Crippen LogP contribution >= 0.6 is 0 Å². The summed E-state index contributed by atoms with van der Waals surface area (Å²) in [6, 6.07) is 23.3. The van der Waals surface area contributed by atoms with E-state index in [1.165, 1.54) is 24.3 Å². The zero-order valence-corrected chi connectivity index (χ0v) is 15.6. The minimum Gasteiger partial charge on any atom is -0.348 e. The number of benzene rings is 3. The number of nitriles is 1. The summed E-state index contributed by atoms with van der Waals surface area (Å²) in [7, 11) is -3.73. The first-order chi connectivity index (χ1) is 13.5. The van der Waals surface area contributed by atoms with Crippen molar-refractivity contribution in [3.05, 3.63) is 95.6 Å². The second kappa shape index (κ2) is 8.37. The van der Waals surface area contributed by atoms with Crippen LogP contribution in [0.5, 0.6) is 0 Å². The highest BCUT2D eigenvalue weighted by Crippen LogP contribution is 2.16. The molecule has 0 aliphatic carbocycles. The molecule has 0 heterocycles. The molecule has 3 rings (SSSR count). The number of para-hydroxylation sites is 1. The molecular weight excluding hydrogens is 374 g/mol. The first kappa shape index (κ1) is 19.1. The Labute approximate surface area is 163 Å². The third kappa shape index (κ3) is 4.75. The van der Waals surface area contributed by atoms with E-state index >= 15 is 0 Å². The molecule has 0 unspecified atom stereocenters. The zero-order chi connectivity index (χ0) is 20.0. The predicted octanol–water partition coefficient (Wildman–Crippen LogP) is 3.29. The van der Waals surface area contributed by atoms with Crippen LogP contribution < -0.4 is 10.0 Å². The fourth-order valence-corrected chi connectivity index (χ4v) is 3.60. The minimum atomic E-state index is -3.73. The Morgan fingerprint density at radius 1 is 0.929 bits per heavy atom. The summed E-state index contributed by atoms with van der Waals surface area (Å²) < 4.78 is 27.3. The lowest BCUT2D eigenvalue weighted by Gasteiger charge is -2.09. The van der Waals surface area contributed by atoms with E-state index in [4.69, 9.17) is 5.26 Å². The number of rotatable bonds is 6. The summed E-state index contributed by atoms with van der Waals surface area (Å²) in [6.45, 7) is 0.268. The number of carbonyl (C=O) groups excluding carboxylic acids is 1. The maximum Gasteiger partial charge on any atom is 0.261 e. The van der Waals surface area contributed by atoms with E-state index in [1.54, 1.807) is 48.5 Å². The predicted molar refractivity (Wildman–Crippen MR) is 106 cm³/mol. The van der Waals surface area contributed by atoms with Crippen molar-refractivity contribution < 1.29 is 13.2 Å². The molecule has 0 atom stereocenters. The van der Waals surface area contributed by atoms with Crippen molar-refractivity contribution in [2.75, 3.05) is 4.72 Å². The quantitative estimate of drug-likeness (QED) is 0.673. The molecule has 140 valence electrons. The first-order valence-corrected chi connectivity index (χ1v) is 9.91. The van der Waals surface area contributed by atoms with E-state index in [1.807, 2.05) is 12.1 Å². The van der Waals surface area contributed by atoms with Gasteiger partial charge in [0.1, 0.15) is 0 Å². The van der Waals surface area contributed by atoms with Gasteiger partial charge in [0.05, 0.1) is 16.5 Å². The van der Waals surface area contributed by atoms with Crippen molar-refractivity contribution in [1.82, 2.24) is 5.32 Å². The molecule has 7 heteroatoms. The van der Waals surface area contributed by atoms with Crippen LogP contribution in [0.15, 0.2) is 83.8 Å². The maximum absolute atomic E-state index is 12.4. The minimum absolute atomic E-state index is 0.0645. The lowest BCUT2D eigenvalue weighted by molar-refractivity contribution is 0.0951. The average molecular weight is 391 g/mol. The van der Waals surface area contributed by atoms with Gasteiger partial charge in [0.2, 0.25) is 0 Å². The molecular formula is C21H17N3O3S. The molecule has 0 saturated carbocycles. The smallest absolute Gasteiger partial charge is 0.261 e. The molecule has 1 amide bonds. The van der Waals surface area contributed by atoms with Gasteiger partial charge in [-0.05, 0) is 54.1 Å². The second-order valence-corrected chi connectivity index (χ2v) is 7.67. The van der Waals surface area contributed by atoms with Crippen LogP contribution in [0, 0.1) is 11.3 Å². The van der Waals surface area contributed by atoms with Gasteiger partial charge in [0.15, 0.2) is 0 Å². The largest absolute Gasteiger partial charge is 0.348 e.